The standard InChI is InChI=1S/C22H23BrN6O/c1-24-21(30)17-5-3-4-6-19(17)27-20-18(23)12-25-22(28-20)26-16-8-7-14-9-10-29(2)13-15(14)11-16/h3-8,11-12H,9-10,13H2,1-2H3,(H,24,30)(H2,25,26,27,28). The Hall–Kier alpha value is -2.97. The molecule has 154 valence electrons. The first-order chi connectivity index (χ1) is 14.5. The molecular formula is C22H23BrN6O. The Morgan fingerprint density at radius 3 is 2.80 bits per heavy atom. The fraction of sp³-hybridized carbons (Fsp3) is 0.227. The van der Waals surface area contributed by atoms with E-state index in [1.165, 1.54) is 11.1 Å². The van der Waals surface area contributed by atoms with Crippen molar-refractivity contribution in [3.8, 4) is 0 Å². The third-order valence-corrected chi connectivity index (χ3v) is 5.64. The van der Waals surface area contributed by atoms with E-state index in [0.29, 0.717) is 27.5 Å². The van der Waals surface area contributed by atoms with Crippen LogP contribution in [0.15, 0.2) is 53.1 Å². The quantitative estimate of drug-likeness (QED) is 0.525. The molecule has 0 bridgehead atoms. The van der Waals surface area contributed by atoms with Crippen molar-refractivity contribution in [1.29, 1.82) is 0 Å². The van der Waals surface area contributed by atoms with Crippen molar-refractivity contribution >= 4 is 45.0 Å². The van der Waals surface area contributed by atoms with E-state index in [0.717, 1.165) is 25.2 Å². The number of benzene rings is 2. The lowest BCUT2D eigenvalue weighted by Crippen LogP contribution is -2.26. The van der Waals surface area contributed by atoms with Crippen LogP contribution in [0.3, 0.4) is 0 Å². The van der Waals surface area contributed by atoms with Gasteiger partial charge in [0.05, 0.1) is 15.7 Å². The van der Waals surface area contributed by atoms with Crippen molar-refractivity contribution in [2.45, 2.75) is 13.0 Å². The summed E-state index contributed by atoms with van der Waals surface area (Å²) in [6.07, 6.45) is 2.76. The molecule has 0 spiro atoms. The monoisotopic (exact) mass is 466 g/mol. The van der Waals surface area contributed by atoms with Crippen molar-refractivity contribution in [2.75, 3.05) is 31.3 Å². The van der Waals surface area contributed by atoms with Crippen molar-refractivity contribution in [1.82, 2.24) is 20.2 Å². The average molecular weight is 467 g/mol. The number of rotatable bonds is 5. The van der Waals surface area contributed by atoms with Gasteiger partial charge in [-0.05, 0) is 64.8 Å². The van der Waals surface area contributed by atoms with Crippen LogP contribution in [0.1, 0.15) is 21.5 Å². The Bertz CT molecular complexity index is 1090. The molecule has 2 heterocycles. The molecular weight excluding hydrogens is 444 g/mol. The Morgan fingerprint density at radius 1 is 1.13 bits per heavy atom. The number of amides is 1. The maximum absolute atomic E-state index is 12.1. The number of carbonyl (C=O) groups is 1. The van der Waals surface area contributed by atoms with E-state index in [1.54, 1.807) is 19.3 Å². The molecule has 0 atom stereocenters. The Morgan fingerprint density at radius 2 is 1.97 bits per heavy atom. The molecule has 7 nitrogen and oxygen atoms in total. The number of nitrogens with one attached hydrogen (secondary N) is 3. The normalized spacial score (nSPS) is 13.4. The summed E-state index contributed by atoms with van der Waals surface area (Å²) in [5.74, 6) is 0.879. The van der Waals surface area contributed by atoms with Crippen LogP contribution in [0, 0.1) is 0 Å². The molecule has 3 aromatic rings. The Balaban J connectivity index is 1.58. The average Bonchev–Trinajstić information content (AvgIpc) is 2.75. The highest BCUT2D eigenvalue weighted by Crippen LogP contribution is 2.28. The number of likely N-dealkylation sites (N-methyl/N-ethyl adjacent to an activating group) is 1. The van der Waals surface area contributed by atoms with Gasteiger partial charge in [0, 0.05) is 32.0 Å². The number of hydrogen-bond acceptors (Lipinski definition) is 6. The molecule has 2 aromatic carbocycles. The number of aromatic nitrogens is 2. The van der Waals surface area contributed by atoms with Crippen molar-refractivity contribution in [3.63, 3.8) is 0 Å². The van der Waals surface area contributed by atoms with E-state index in [4.69, 9.17) is 0 Å². The van der Waals surface area contributed by atoms with Gasteiger partial charge in [0.1, 0.15) is 5.82 Å². The molecule has 0 unspecified atom stereocenters. The van der Waals surface area contributed by atoms with Crippen LogP contribution < -0.4 is 16.0 Å². The number of fused-ring (bicyclic) bond motifs is 1. The van der Waals surface area contributed by atoms with Gasteiger partial charge in [0.15, 0.2) is 0 Å². The topological polar surface area (TPSA) is 82.2 Å². The van der Waals surface area contributed by atoms with Gasteiger partial charge in [-0.25, -0.2) is 4.98 Å². The minimum absolute atomic E-state index is 0.166. The van der Waals surface area contributed by atoms with Crippen LogP contribution in [0.5, 0.6) is 0 Å². The summed E-state index contributed by atoms with van der Waals surface area (Å²) in [7, 11) is 3.74. The zero-order chi connectivity index (χ0) is 21.1. The maximum Gasteiger partial charge on any atom is 0.253 e. The largest absolute Gasteiger partial charge is 0.355 e. The second-order valence-corrected chi connectivity index (χ2v) is 8.09. The molecule has 0 radical (unpaired) electrons. The summed E-state index contributed by atoms with van der Waals surface area (Å²) in [4.78, 5) is 23.4. The zero-order valence-corrected chi connectivity index (χ0v) is 18.5. The minimum atomic E-state index is -0.166. The third-order valence-electron chi connectivity index (χ3n) is 5.06. The summed E-state index contributed by atoms with van der Waals surface area (Å²) >= 11 is 3.49. The van der Waals surface area contributed by atoms with Crippen molar-refractivity contribution in [2.24, 2.45) is 0 Å². The van der Waals surface area contributed by atoms with Gasteiger partial charge in [0.2, 0.25) is 5.95 Å². The van der Waals surface area contributed by atoms with Gasteiger partial charge in [-0.2, -0.15) is 4.98 Å². The van der Waals surface area contributed by atoms with E-state index in [9.17, 15) is 4.79 Å². The molecule has 3 N–H and O–H groups in total. The molecule has 0 saturated heterocycles. The van der Waals surface area contributed by atoms with E-state index in [2.05, 4.69) is 72.0 Å². The smallest absolute Gasteiger partial charge is 0.253 e. The van der Waals surface area contributed by atoms with E-state index >= 15 is 0 Å². The SMILES string of the molecule is CNC(=O)c1ccccc1Nc1nc(Nc2ccc3c(c2)CN(C)CC3)ncc1Br. The minimum Gasteiger partial charge on any atom is -0.355 e. The van der Waals surface area contributed by atoms with Gasteiger partial charge in [0.25, 0.3) is 5.91 Å². The third kappa shape index (κ3) is 4.44. The van der Waals surface area contributed by atoms with Crippen LogP contribution in [0.4, 0.5) is 23.1 Å². The molecule has 4 rings (SSSR count). The molecule has 30 heavy (non-hydrogen) atoms. The Labute approximate surface area is 184 Å². The number of carbonyl (C=O) groups excluding carboxylic acids is 1. The predicted molar refractivity (Wildman–Crippen MR) is 123 cm³/mol. The van der Waals surface area contributed by atoms with E-state index in [1.807, 2.05) is 18.2 Å². The predicted octanol–water partition coefficient (Wildman–Crippen LogP) is 4.07. The number of para-hydroxylation sites is 1. The van der Waals surface area contributed by atoms with Crippen LogP contribution in [-0.2, 0) is 13.0 Å². The fourth-order valence-corrected chi connectivity index (χ4v) is 3.76. The van der Waals surface area contributed by atoms with Crippen LogP contribution in [-0.4, -0.2) is 41.4 Å². The van der Waals surface area contributed by atoms with Crippen LogP contribution in [0.25, 0.3) is 0 Å². The van der Waals surface area contributed by atoms with Crippen molar-refractivity contribution in [3.05, 3.63) is 69.8 Å². The van der Waals surface area contributed by atoms with Gasteiger partial charge in [-0.3, -0.25) is 4.79 Å². The first-order valence-corrected chi connectivity index (χ1v) is 10.5. The molecule has 0 aliphatic carbocycles. The molecule has 8 heteroatoms. The number of hydrogen-bond donors (Lipinski definition) is 3. The molecule has 0 saturated carbocycles. The Kier molecular flexibility index (Phi) is 5.96. The van der Waals surface area contributed by atoms with Gasteiger partial charge >= 0.3 is 0 Å². The summed E-state index contributed by atoms with van der Waals surface area (Å²) in [6.45, 7) is 2.03. The van der Waals surface area contributed by atoms with Crippen LogP contribution in [0.2, 0.25) is 0 Å². The lowest BCUT2D eigenvalue weighted by Gasteiger charge is -2.25. The molecule has 1 aliphatic heterocycles. The highest BCUT2D eigenvalue weighted by atomic mass is 79.9. The summed E-state index contributed by atoms with van der Waals surface area (Å²) < 4.78 is 0.701. The fourth-order valence-electron chi connectivity index (χ4n) is 3.47. The summed E-state index contributed by atoms with van der Waals surface area (Å²) in [5, 5.41) is 9.18. The van der Waals surface area contributed by atoms with E-state index in [-0.39, 0.29) is 5.91 Å². The second-order valence-electron chi connectivity index (χ2n) is 7.24. The van der Waals surface area contributed by atoms with Crippen LogP contribution >= 0.6 is 15.9 Å². The van der Waals surface area contributed by atoms with Gasteiger partial charge < -0.3 is 20.9 Å². The highest BCUT2D eigenvalue weighted by Gasteiger charge is 2.15. The maximum atomic E-state index is 12.1. The lowest BCUT2D eigenvalue weighted by molar-refractivity contribution is 0.0964. The zero-order valence-electron chi connectivity index (χ0n) is 16.9. The summed E-state index contributed by atoms with van der Waals surface area (Å²) in [5.41, 5.74) is 4.87. The number of nitrogens with zero attached hydrogens (tertiary/aromatic N) is 3. The first-order valence-electron chi connectivity index (χ1n) is 9.71. The van der Waals surface area contributed by atoms with E-state index < -0.39 is 0 Å². The molecule has 1 aliphatic rings. The molecule has 1 aromatic heterocycles. The number of halogens is 1. The molecule has 1 amide bonds. The first kappa shape index (κ1) is 20.3. The highest BCUT2D eigenvalue weighted by molar-refractivity contribution is 9.10. The van der Waals surface area contributed by atoms with Gasteiger partial charge in [-0.15, -0.1) is 0 Å². The van der Waals surface area contributed by atoms with Gasteiger partial charge in [-0.1, -0.05) is 18.2 Å². The van der Waals surface area contributed by atoms with Crippen molar-refractivity contribution < 1.29 is 4.79 Å². The molecule has 0 fully saturated rings. The summed E-state index contributed by atoms with van der Waals surface area (Å²) in [6, 6.07) is 13.7. The lowest BCUT2D eigenvalue weighted by atomic mass is 9.99. The number of anilines is 4. The second kappa shape index (κ2) is 8.81.